The molecule has 0 fully saturated rings. The van der Waals surface area contributed by atoms with E-state index >= 15 is 0 Å². The van der Waals surface area contributed by atoms with Crippen molar-refractivity contribution in [1.29, 1.82) is 0 Å². The van der Waals surface area contributed by atoms with Crippen LogP contribution in [0, 0.1) is 0 Å². The Morgan fingerprint density at radius 1 is 0.842 bits per heavy atom. The molecule has 0 amide bonds. The molecule has 2 aromatic rings. The number of benzene rings is 2. The van der Waals surface area contributed by atoms with Gasteiger partial charge in [0.2, 0.25) is 0 Å². The fraction of sp³-hybridized carbons (Fsp3) is 0.235. The highest BCUT2D eigenvalue weighted by Crippen LogP contribution is 2.16. The first-order valence-electron chi connectivity index (χ1n) is 6.56. The molecule has 2 nitrogen and oxygen atoms in total. The Kier molecular flexibility index (Phi) is 4.73. The Morgan fingerprint density at radius 2 is 1.47 bits per heavy atom. The topological polar surface area (TPSA) is 37.0 Å². The Bertz CT molecular complexity index is 532. The summed E-state index contributed by atoms with van der Waals surface area (Å²) in [4.78, 5) is 10.5. The van der Waals surface area contributed by atoms with E-state index < -0.39 is 5.97 Å². The van der Waals surface area contributed by atoms with Crippen molar-refractivity contribution in [2.24, 2.45) is 0 Å². The van der Waals surface area contributed by atoms with Gasteiger partial charge in [0.05, 0.1) is 6.42 Å². The SMILES string of the molecule is [O]C(=O)CCCc1ccccc1Cc1ccccc1. The van der Waals surface area contributed by atoms with Crippen LogP contribution in [-0.2, 0) is 22.7 Å². The van der Waals surface area contributed by atoms with Crippen molar-refractivity contribution in [3.63, 3.8) is 0 Å². The van der Waals surface area contributed by atoms with Crippen LogP contribution >= 0.6 is 0 Å². The number of rotatable bonds is 6. The Morgan fingerprint density at radius 3 is 2.16 bits per heavy atom. The van der Waals surface area contributed by atoms with Gasteiger partial charge in [-0.15, -0.1) is 0 Å². The second-order valence-electron chi connectivity index (χ2n) is 4.66. The summed E-state index contributed by atoms with van der Waals surface area (Å²) in [5.74, 6) is -0.972. The van der Waals surface area contributed by atoms with Gasteiger partial charge in [-0.2, -0.15) is 0 Å². The molecule has 0 aliphatic heterocycles. The average molecular weight is 253 g/mol. The van der Waals surface area contributed by atoms with E-state index in [-0.39, 0.29) is 6.42 Å². The molecule has 0 atom stereocenters. The third-order valence-corrected chi connectivity index (χ3v) is 3.18. The van der Waals surface area contributed by atoms with E-state index in [0.29, 0.717) is 6.42 Å². The number of carbonyl (C=O) groups is 1. The first-order valence-corrected chi connectivity index (χ1v) is 6.56. The monoisotopic (exact) mass is 253 g/mol. The molecule has 0 saturated heterocycles. The molecular formula is C17H17O2. The number of hydrogen-bond acceptors (Lipinski definition) is 1. The van der Waals surface area contributed by atoms with Crippen molar-refractivity contribution < 1.29 is 9.90 Å². The zero-order chi connectivity index (χ0) is 13.5. The molecule has 0 unspecified atom stereocenters. The highest BCUT2D eigenvalue weighted by molar-refractivity contribution is 5.66. The first kappa shape index (κ1) is 13.3. The predicted octanol–water partition coefficient (Wildman–Crippen LogP) is 3.56. The largest absolute Gasteiger partial charge is 0.355 e. The lowest BCUT2D eigenvalue weighted by Gasteiger charge is -2.09. The maximum absolute atomic E-state index is 10.5. The lowest BCUT2D eigenvalue weighted by Crippen LogP contribution is -1.98. The molecule has 0 aromatic heterocycles. The van der Waals surface area contributed by atoms with Gasteiger partial charge in [0, 0.05) is 0 Å². The third kappa shape index (κ3) is 4.25. The number of hydrogen-bond donors (Lipinski definition) is 0. The van der Waals surface area contributed by atoms with Crippen LogP contribution in [0.4, 0.5) is 0 Å². The van der Waals surface area contributed by atoms with E-state index in [1.165, 1.54) is 16.7 Å². The summed E-state index contributed by atoms with van der Waals surface area (Å²) in [6.45, 7) is 0. The summed E-state index contributed by atoms with van der Waals surface area (Å²) >= 11 is 0. The zero-order valence-electron chi connectivity index (χ0n) is 10.8. The maximum Gasteiger partial charge on any atom is 0.355 e. The molecule has 2 aromatic carbocycles. The average Bonchev–Trinajstić information content (AvgIpc) is 2.41. The van der Waals surface area contributed by atoms with E-state index in [2.05, 4.69) is 24.3 Å². The van der Waals surface area contributed by atoms with Gasteiger partial charge in [-0.1, -0.05) is 54.6 Å². The summed E-state index contributed by atoms with van der Waals surface area (Å²) in [5, 5.41) is 10.5. The lowest BCUT2D eigenvalue weighted by atomic mass is 9.96. The normalized spacial score (nSPS) is 10.3. The molecule has 97 valence electrons. The van der Waals surface area contributed by atoms with Crippen LogP contribution in [0.25, 0.3) is 0 Å². The molecule has 0 spiro atoms. The third-order valence-electron chi connectivity index (χ3n) is 3.18. The van der Waals surface area contributed by atoms with Crippen molar-refractivity contribution in [3.05, 3.63) is 71.3 Å². The van der Waals surface area contributed by atoms with Crippen LogP contribution in [0.2, 0.25) is 0 Å². The Balaban J connectivity index is 2.06. The van der Waals surface area contributed by atoms with Gasteiger partial charge in [0.25, 0.3) is 0 Å². The molecule has 2 rings (SSSR count). The molecule has 0 heterocycles. The summed E-state index contributed by atoms with van der Waals surface area (Å²) in [7, 11) is 0. The lowest BCUT2D eigenvalue weighted by molar-refractivity contribution is -0.143. The number of aryl methyl sites for hydroxylation is 1. The summed E-state index contributed by atoms with van der Waals surface area (Å²) in [6, 6.07) is 18.5. The highest BCUT2D eigenvalue weighted by Gasteiger charge is 2.05. The van der Waals surface area contributed by atoms with Gasteiger partial charge < -0.3 is 0 Å². The van der Waals surface area contributed by atoms with Gasteiger partial charge in [-0.05, 0) is 36.0 Å². The van der Waals surface area contributed by atoms with E-state index in [1.807, 2.05) is 30.3 Å². The Hall–Kier alpha value is -2.09. The van der Waals surface area contributed by atoms with Crippen LogP contribution in [0.1, 0.15) is 29.5 Å². The van der Waals surface area contributed by atoms with Gasteiger partial charge in [0.15, 0.2) is 0 Å². The fourth-order valence-electron chi connectivity index (χ4n) is 2.21. The molecule has 0 aliphatic rings. The molecule has 1 radical (unpaired) electrons. The Labute approximate surface area is 113 Å². The van der Waals surface area contributed by atoms with Crippen LogP contribution in [0.15, 0.2) is 54.6 Å². The van der Waals surface area contributed by atoms with Gasteiger partial charge in [-0.25, -0.2) is 9.90 Å². The minimum Gasteiger partial charge on any atom is -0.247 e. The summed E-state index contributed by atoms with van der Waals surface area (Å²) < 4.78 is 0. The molecule has 0 aliphatic carbocycles. The van der Waals surface area contributed by atoms with Crippen molar-refractivity contribution in [2.75, 3.05) is 0 Å². The highest BCUT2D eigenvalue weighted by atomic mass is 16.4. The zero-order valence-corrected chi connectivity index (χ0v) is 10.8. The van der Waals surface area contributed by atoms with E-state index in [1.54, 1.807) is 0 Å². The van der Waals surface area contributed by atoms with Crippen LogP contribution in [-0.4, -0.2) is 5.97 Å². The van der Waals surface area contributed by atoms with Crippen LogP contribution in [0.5, 0.6) is 0 Å². The second kappa shape index (κ2) is 6.74. The minimum atomic E-state index is -0.972. The van der Waals surface area contributed by atoms with E-state index in [0.717, 1.165) is 12.8 Å². The number of carbonyl (C=O) groups excluding carboxylic acids is 1. The minimum absolute atomic E-state index is 0.125. The van der Waals surface area contributed by atoms with Crippen LogP contribution < -0.4 is 0 Å². The van der Waals surface area contributed by atoms with E-state index in [4.69, 9.17) is 0 Å². The van der Waals surface area contributed by atoms with Crippen LogP contribution in [0.3, 0.4) is 0 Å². The van der Waals surface area contributed by atoms with Gasteiger partial charge >= 0.3 is 5.97 Å². The van der Waals surface area contributed by atoms with E-state index in [9.17, 15) is 9.90 Å². The standard InChI is InChI=1S/C17H17O2/c18-17(19)12-6-11-15-9-4-5-10-16(15)13-14-7-2-1-3-8-14/h1-5,7-10H,6,11-13H2. The van der Waals surface area contributed by atoms with Crippen molar-refractivity contribution in [1.82, 2.24) is 0 Å². The summed E-state index contributed by atoms with van der Waals surface area (Å²) in [6.07, 6.45) is 2.44. The molecule has 0 bridgehead atoms. The maximum atomic E-state index is 10.5. The predicted molar refractivity (Wildman–Crippen MR) is 74.3 cm³/mol. The molecule has 2 heteroatoms. The van der Waals surface area contributed by atoms with Gasteiger partial charge in [0.1, 0.15) is 0 Å². The smallest absolute Gasteiger partial charge is 0.247 e. The van der Waals surface area contributed by atoms with Crippen molar-refractivity contribution in [3.8, 4) is 0 Å². The first-order chi connectivity index (χ1) is 9.25. The molecule has 19 heavy (non-hydrogen) atoms. The molecule has 0 saturated carbocycles. The fourth-order valence-corrected chi connectivity index (χ4v) is 2.21. The molecular weight excluding hydrogens is 236 g/mol. The quantitative estimate of drug-likeness (QED) is 0.775. The second-order valence-corrected chi connectivity index (χ2v) is 4.66. The van der Waals surface area contributed by atoms with Gasteiger partial charge in [-0.3, -0.25) is 0 Å². The van der Waals surface area contributed by atoms with Crippen molar-refractivity contribution in [2.45, 2.75) is 25.7 Å². The molecule has 0 N–H and O–H groups in total. The summed E-state index contributed by atoms with van der Waals surface area (Å²) in [5.41, 5.74) is 3.77. The van der Waals surface area contributed by atoms with Crippen molar-refractivity contribution >= 4 is 5.97 Å².